The molecule has 0 radical (unpaired) electrons. The summed E-state index contributed by atoms with van der Waals surface area (Å²) in [6.07, 6.45) is 0.724. The first-order chi connectivity index (χ1) is 17.0. The predicted octanol–water partition coefficient (Wildman–Crippen LogP) is 1.37. The third-order valence-corrected chi connectivity index (χ3v) is 7.65. The van der Waals surface area contributed by atoms with Crippen LogP contribution in [0, 0.1) is 11.8 Å². The van der Waals surface area contributed by atoms with E-state index in [0.29, 0.717) is 25.9 Å². The van der Waals surface area contributed by atoms with Crippen LogP contribution in [-0.4, -0.2) is 58.1 Å². The Balaban J connectivity index is 1.39. The Kier molecular flexibility index (Phi) is 6.34. The summed E-state index contributed by atoms with van der Waals surface area (Å²) in [6, 6.07) is 17.6. The molecule has 3 amide bonds. The van der Waals surface area contributed by atoms with Gasteiger partial charge in [0.05, 0.1) is 30.6 Å². The molecule has 184 valence electrons. The van der Waals surface area contributed by atoms with Crippen molar-refractivity contribution in [1.29, 1.82) is 0 Å². The summed E-state index contributed by atoms with van der Waals surface area (Å²) in [4.78, 5) is 42.0. The minimum absolute atomic E-state index is 0.235. The first-order valence-electron chi connectivity index (χ1n) is 12.2. The lowest BCUT2D eigenvalue weighted by molar-refractivity contribution is -0.145. The van der Waals surface area contributed by atoms with Crippen LogP contribution < -0.4 is 10.6 Å². The molecule has 5 rings (SSSR count). The molecule has 6 atom stereocenters. The molecule has 2 bridgehead atoms. The molecule has 2 unspecified atom stereocenters. The van der Waals surface area contributed by atoms with Crippen LogP contribution in [0.2, 0.25) is 0 Å². The third-order valence-electron chi connectivity index (χ3n) is 7.65. The molecule has 1 spiro atoms. The molecule has 3 aliphatic heterocycles. The number of aliphatic hydroxyl groups is 1. The molecule has 8 nitrogen and oxygen atoms in total. The van der Waals surface area contributed by atoms with Crippen molar-refractivity contribution in [3.05, 3.63) is 71.8 Å². The number of hydrogen-bond donors (Lipinski definition) is 3. The monoisotopic (exact) mass is 477 g/mol. The van der Waals surface area contributed by atoms with Gasteiger partial charge < -0.3 is 25.4 Å². The topological polar surface area (TPSA) is 108 Å². The number of rotatable bonds is 8. The van der Waals surface area contributed by atoms with Gasteiger partial charge in [-0.1, -0.05) is 60.7 Å². The van der Waals surface area contributed by atoms with Gasteiger partial charge in [0.25, 0.3) is 0 Å². The smallest absolute Gasteiger partial charge is 0.246 e. The van der Waals surface area contributed by atoms with Crippen molar-refractivity contribution in [2.45, 2.75) is 56.6 Å². The summed E-state index contributed by atoms with van der Waals surface area (Å²) >= 11 is 0. The van der Waals surface area contributed by atoms with Gasteiger partial charge in [0.1, 0.15) is 11.6 Å². The van der Waals surface area contributed by atoms with Crippen LogP contribution in [0.1, 0.15) is 30.9 Å². The predicted molar refractivity (Wildman–Crippen MR) is 128 cm³/mol. The Hall–Kier alpha value is -3.23. The van der Waals surface area contributed by atoms with Crippen molar-refractivity contribution in [2.75, 3.05) is 6.61 Å². The number of fused-ring (bicyclic) bond motifs is 1. The van der Waals surface area contributed by atoms with Gasteiger partial charge in [-0.3, -0.25) is 14.4 Å². The lowest BCUT2D eigenvalue weighted by Gasteiger charge is -2.35. The minimum atomic E-state index is -1.07. The number of ether oxygens (including phenoxy) is 1. The minimum Gasteiger partial charge on any atom is -0.394 e. The highest BCUT2D eigenvalue weighted by Crippen LogP contribution is 2.58. The molecule has 3 heterocycles. The molecular weight excluding hydrogens is 446 g/mol. The normalized spacial score (nSPS) is 29.7. The molecule has 3 saturated heterocycles. The molecule has 0 aromatic heterocycles. The van der Waals surface area contributed by atoms with Gasteiger partial charge in [0.15, 0.2) is 0 Å². The quantitative estimate of drug-likeness (QED) is 0.532. The van der Waals surface area contributed by atoms with E-state index < -0.39 is 35.6 Å². The summed E-state index contributed by atoms with van der Waals surface area (Å²) in [7, 11) is 0. The van der Waals surface area contributed by atoms with Crippen LogP contribution in [-0.2, 0) is 32.2 Å². The molecule has 3 N–H and O–H groups in total. The molecular formula is C27H31N3O5. The summed E-state index contributed by atoms with van der Waals surface area (Å²) < 4.78 is 6.38. The number of aliphatic hydroxyl groups excluding tert-OH is 1. The maximum atomic E-state index is 13.7. The van der Waals surface area contributed by atoms with Crippen molar-refractivity contribution in [1.82, 2.24) is 15.5 Å². The number of carbonyl (C=O) groups is 3. The highest BCUT2D eigenvalue weighted by Gasteiger charge is 2.74. The maximum absolute atomic E-state index is 13.7. The fourth-order valence-electron chi connectivity index (χ4n) is 6.04. The molecule has 0 saturated carbocycles. The number of carbonyl (C=O) groups excluding carboxylic acids is 3. The van der Waals surface area contributed by atoms with E-state index >= 15 is 0 Å². The van der Waals surface area contributed by atoms with E-state index in [9.17, 15) is 19.5 Å². The molecule has 2 aromatic rings. The van der Waals surface area contributed by atoms with E-state index in [2.05, 4.69) is 10.6 Å². The number of hydrogen-bond acceptors (Lipinski definition) is 5. The second kappa shape index (κ2) is 9.43. The summed E-state index contributed by atoms with van der Waals surface area (Å²) in [6.45, 7) is 2.10. The summed E-state index contributed by atoms with van der Waals surface area (Å²) in [5, 5.41) is 15.8. The second-order valence-electron chi connectivity index (χ2n) is 9.74. The second-order valence-corrected chi connectivity index (χ2v) is 9.74. The SMILES string of the molecule is C[C@H](CO)N1C(=O)[C@@H]2[C@@H](C(=O)NCc3ccccc3)[C@H]3CCC2(O3)C1C(=O)NCc1ccccc1. The highest BCUT2D eigenvalue weighted by atomic mass is 16.5. The van der Waals surface area contributed by atoms with Crippen molar-refractivity contribution in [3.63, 3.8) is 0 Å². The molecule has 3 aliphatic rings. The van der Waals surface area contributed by atoms with Crippen molar-refractivity contribution < 1.29 is 24.2 Å². The van der Waals surface area contributed by atoms with E-state index in [1.54, 1.807) is 6.92 Å². The molecule has 0 aliphatic carbocycles. The number of amides is 3. The Bertz CT molecular complexity index is 1090. The van der Waals surface area contributed by atoms with E-state index in [0.717, 1.165) is 11.1 Å². The van der Waals surface area contributed by atoms with Crippen LogP contribution in [0.3, 0.4) is 0 Å². The maximum Gasteiger partial charge on any atom is 0.246 e. The lowest BCUT2D eigenvalue weighted by atomic mass is 9.70. The van der Waals surface area contributed by atoms with Crippen LogP contribution in [0.15, 0.2) is 60.7 Å². The highest BCUT2D eigenvalue weighted by molar-refractivity contribution is 5.99. The average molecular weight is 478 g/mol. The fraction of sp³-hybridized carbons (Fsp3) is 0.444. The zero-order chi connectivity index (χ0) is 24.6. The number of likely N-dealkylation sites (tertiary alicyclic amines) is 1. The van der Waals surface area contributed by atoms with E-state index in [4.69, 9.17) is 4.74 Å². The van der Waals surface area contributed by atoms with Crippen LogP contribution in [0.25, 0.3) is 0 Å². The van der Waals surface area contributed by atoms with Crippen LogP contribution in [0.5, 0.6) is 0 Å². The largest absolute Gasteiger partial charge is 0.394 e. The van der Waals surface area contributed by atoms with E-state index in [1.807, 2.05) is 60.7 Å². The zero-order valence-corrected chi connectivity index (χ0v) is 19.7. The van der Waals surface area contributed by atoms with Gasteiger partial charge in [-0.15, -0.1) is 0 Å². The van der Waals surface area contributed by atoms with Crippen LogP contribution >= 0.6 is 0 Å². The summed E-state index contributed by atoms with van der Waals surface area (Å²) in [5.41, 5.74) is 0.836. The standard InChI is InChI=1S/C27H31N3O5/c1-17(16-31)30-23(25(33)29-15-19-10-6-3-7-11-19)27-13-12-20(35-27)21(22(27)26(30)34)24(32)28-14-18-8-4-2-5-9-18/h2-11,17,20-23,31H,12-16H2,1H3,(H,28,32)(H,29,33)/t17-,20-,21+,22+,23?,27?/m1/s1. The van der Waals surface area contributed by atoms with Gasteiger partial charge in [-0.05, 0) is 30.9 Å². The zero-order valence-electron chi connectivity index (χ0n) is 19.7. The average Bonchev–Trinajstić information content (AvgIpc) is 3.54. The third kappa shape index (κ3) is 4.00. The molecule has 3 fully saturated rings. The van der Waals surface area contributed by atoms with Crippen LogP contribution in [0.4, 0.5) is 0 Å². The first kappa shape index (κ1) is 23.5. The fourth-order valence-corrected chi connectivity index (χ4v) is 6.04. The van der Waals surface area contributed by atoms with E-state index in [1.165, 1.54) is 4.90 Å². The number of benzene rings is 2. The Morgan fingerprint density at radius 3 is 2.17 bits per heavy atom. The van der Waals surface area contributed by atoms with Crippen molar-refractivity contribution in [2.24, 2.45) is 11.8 Å². The molecule has 8 heteroatoms. The lowest BCUT2D eigenvalue weighted by Crippen LogP contribution is -2.57. The van der Waals surface area contributed by atoms with E-state index in [-0.39, 0.29) is 24.3 Å². The Morgan fingerprint density at radius 2 is 1.60 bits per heavy atom. The van der Waals surface area contributed by atoms with Crippen molar-refractivity contribution >= 4 is 17.7 Å². The number of nitrogens with zero attached hydrogens (tertiary/aromatic N) is 1. The molecule has 2 aromatic carbocycles. The van der Waals surface area contributed by atoms with Crippen molar-refractivity contribution in [3.8, 4) is 0 Å². The van der Waals surface area contributed by atoms with Gasteiger partial charge in [-0.2, -0.15) is 0 Å². The van der Waals surface area contributed by atoms with Gasteiger partial charge >= 0.3 is 0 Å². The van der Waals surface area contributed by atoms with Gasteiger partial charge in [0.2, 0.25) is 17.7 Å². The van der Waals surface area contributed by atoms with Gasteiger partial charge in [-0.25, -0.2) is 0 Å². The Labute approximate surface area is 204 Å². The first-order valence-corrected chi connectivity index (χ1v) is 12.2. The molecule has 35 heavy (non-hydrogen) atoms. The summed E-state index contributed by atoms with van der Waals surface area (Å²) in [5.74, 6) is -2.27. The number of nitrogens with one attached hydrogen (secondary N) is 2. The van der Waals surface area contributed by atoms with Gasteiger partial charge in [0, 0.05) is 13.1 Å². The Morgan fingerprint density at radius 1 is 1.03 bits per heavy atom.